The van der Waals surface area contributed by atoms with Crippen LogP contribution in [-0.4, -0.2) is 26.3 Å². The average Bonchev–Trinajstić information content (AvgIpc) is 2.55. The molecule has 1 heterocycles. The van der Waals surface area contributed by atoms with Crippen LogP contribution in [0, 0.1) is 6.92 Å². The zero-order valence-electron chi connectivity index (χ0n) is 14.8. The summed E-state index contributed by atoms with van der Waals surface area (Å²) in [7, 11) is -1.44. The molecule has 2 aromatic rings. The first-order valence-corrected chi connectivity index (χ1v) is 12.8. The Morgan fingerprint density at radius 3 is 2.38 bits per heavy atom. The smallest absolute Gasteiger partial charge is 0.0508 e. The maximum atomic E-state index is 5.77. The van der Waals surface area contributed by atoms with Crippen molar-refractivity contribution in [2.24, 2.45) is 0 Å². The molecule has 0 saturated carbocycles. The van der Waals surface area contributed by atoms with Crippen LogP contribution in [0.4, 0.5) is 0 Å². The van der Waals surface area contributed by atoms with Crippen LogP contribution in [0.2, 0.25) is 25.2 Å². The first-order valence-electron chi connectivity index (χ1n) is 8.44. The summed E-state index contributed by atoms with van der Waals surface area (Å²) < 4.78 is 6.79. The molecule has 0 N–H and O–H groups in total. The van der Waals surface area contributed by atoms with Gasteiger partial charge in [-0.3, -0.25) is 4.98 Å². The number of pyridine rings is 1. The Balaban J connectivity index is 2.37. The van der Waals surface area contributed by atoms with Crippen molar-refractivity contribution in [2.75, 3.05) is 13.2 Å². The zero-order valence-corrected chi connectivity index (χ0v) is 17.4. The molecule has 2 atom stereocenters. The lowest BCUT2D eigenvalue weighted by Crippen LogP contribution is -2.36. The van der Waals surface area contributed by atoms with E-state index in [4.69, 9.17) is 9.72 Å². The molecule has 0 amide bonds. The minimum absolute atomic E-state index is 0.360. The lowest BCUT2D eigenvalue weighted by atomic mass is 9.92. The summed E-state index contributed by atoms with van der Waals surface area (Å²) in [5.74, 6) is 0.360. The highest BCUT2D eigenvalue weighted by Gasteiger charge is 2.35. The molecule has 1 aromatic carbocycles. The quantitative estimate of drug-likeness (QED) is 0.524. The van der Waals surface area contributed by atoms with Crippen molar-refractivity contribution in [1.82, 2.24) is 4.98 Å². The second-order valence-corrected chi connectivity index (χ2v) is 13.6. The number of rotatable bonds is 8. The van der Waals surface area contributed by atoms with Gasteiger partial charge in [-0.05, 0) is 52.5 Å². The monoisotopic (exact) mass is 404 g/mol. The number of hydrogen-bond acceptors (Lipinski definition) is 2. The first kappa shape index (κ1) is 19.4. The van der Waals surface area contributed by atoms with Gasteiger partial charge >= 0.3 is 0 Å². The molecular weight excluding hydrogens is 378 g/mol. The fraction of sp³-hybridized carbons (Fsp3) is 0.400. The zero-order chi connectivity index (χ0) is 17.6. The van der Waals surface area contributed by atoms with Gasteiger partial charge in [-0.1, -0.05) is 50.0 Å². The third-order valence-electron chi connectivity index (χ3n) is 4.47. The minimum atomic E-state index is -1.44. The van der Waals surface area contributed by atoms with Gasteiger partial charge in [-0.15, -0.1) is 0 Å². The number of nitrogens with zero attached hydrogens (tertiary/aromatic N) is 1. The second-order valence-electron chi connectivity index (χ2n) is 7.24. The Hall–Kier alpha value is -0.973. The molecule has 129 valence electrons. The van der Waals surface area contributed by atoms with Crippen LogP contribution in [0.15, 0.2) is 53.1 Å². The van der Waals surface area contributed by atoms with Gasteiger partial charge in [0.25, 0.3) is 0 Å². The Morgan fingerprint density at radius 1 is 1.12 bits per heavy atom. The molecule has 0 aliphatic heterocycles. The van der Waals surface area contributed by atoms with Crippen LogP contribution in [0.5, 0.6) is 0 Å². The summed E-state index contributed by atoms with van der Waals surface area (Å²) in [6, 6.07) is 14.9. The first-order chi connectivity index (χ1) is 11.4. The largest absolute Gasteiger partial charge is 0.381 e. The van der Waals surface area contributed by atoms with Gasteiger partial charge in [0.15, 0.2) is 0 Å². The van der Waals surface area contributed by atoms with E-state index in [-0.39, 0.29) is 0 Å². The van der Waals surface area contributed by atoms with Crippen molar-refractivity contribution in [3.05, 3.63) is 71.3 Å². The fourth-order valence-electron chi connectivity index (χ4n) is 3.11. The van der Waals surface area contributed by atoms with Gasteiger partial charge in [0.1, 0.15) is 0 Å². The van der Waals surface area contributed by atoms with Gasteiger partial charge in [-0.2, -0.15) is 0 Å². The molecule has 0 spiro atoms. The van der Waals surface area contributed by atoms with Crippen molar-refractivity contribution in [3.63, 3.8) is 0 Å². The Bertz CT molecular complexity index is 610. The maximum Gasteiger partial charge on any atom is 0.0508 e. The van der Waals surface area contributed by atoms with E-state index >= 15 is 0 Å². The molecule has 2 nitrogen and oxygen atoms in total. The highest BCUT2D eigenvalue weighted by atomic mass is 79.9. The molecule has 1 aromatic heterocycles. The maximum absolute atomic E-state index is 5.77. The predicted molar refractivity (Wildman–Crippen MR) is 108 cm³/mol. The summed E-state index contributed by atoms with van der Waals surface area (Å²) in [6.07, 6.45) is 2.89. The molecule has 4 heteroatoms. The van der Waals surface area contributed by atoms with Crippen molar-refractivity contribution in [2.45, 2.75) is 37.5 Å². The van der Waals surface area contributed by atoms with Crippen LogP contribution in [0.3, 0.4) is 0 Å². The lowest BCUT2D eigenvalue weighted by Gasteiger charge is -2.35. The van der Waals surface area contributed by atoms with E-state index in [0.29, 0.717) is 18.1 Å². The van der Waals surface area contributed by atoms with E-state index in [1.165, 1.54) is 5.56 Å². The van der Waals surface area contributed by atoms with Gasteiger partial charge in [0.05, 0.1) is 8.07 Å². The van der Waals surface area contributed by atoms with Crippen LogP contribution >= 0.6 is 15.9 Å². The number of ether oxygens (including phenoxy) is 1. The molecule has 0 bridgehead atoms. The number of halogens is 1. The molecule has 0 saturated heterocycles. The van der Waals surface area contributed by atoms with Crippen molar-refractivity contribution in [3.8, 4) is 0 Å². The number of benzene rings is 1. The van der Waals surface area contributed by atoms with E-state index in [0.717, 1.165) is 23.2 Å². The van der Waals surface area contributed by atoms with E-state index in [9.17, 15) is 0 Å². The molecule has 0 aliphatic carbocycles. The molecular formula is C20H27BrNOSi. The third-order valence-corrected chi connectivity index (χ3v) is 7.73. The van der Waals surface area contributed by atoms with E-state index in [2.05, 4.69) is 85.0 Å². The van der Waals surface area contributed by atoms with Gasteiger partial charge < -0.3 is 4.74 Å². The standard InChI is InChI=1S/C20H27BrNOSi/c1-5-23-15-20(24(2,3)4)18(13-16-9-7-6-8-10-16)19-12-11-17(21)14-22-19/h6-12,14,18,20H,1,5,13,15H2,2-4H3. The summed E-state index contributed by atoms with van der Waals surface area (Å²) >= 11 is 3.49. The van der Waals surface area contributed by atoms with E-state index in [1.807, 2.05) is 6.20 Å². The van der Waals surface area contributed by atoms with Crippen molar-refractivity contribution >= 4 is 24.0 Å². The Kier molecular flexibility index (Phi) is 7.20. The number of hydrogen-bond donors (Lipinski definition) is 0. The van der Waals surface area contributed by atoms with Crippen LogP contribution < -0.4 is 0 Å². The third kappa shape index (κ3) is 5.54. The lowest BCUT2D eigenvalue weighted by molar-refractivity contribution is 0.150. The second kappa shape index (κ2) is 8.93. The van der Waals surface area contributed by atoms with Gasteiger partial charge in [-0.25, -0.2) is 0 Å². The van der Waals surface area contributed by atoms with Crippen molar-refractivity contribution in [1.29, 1.82) is 0 Å². The van der Waals surface area contributed by atoms with Crippen molar-refractivity contribution < 1.29 is 4.74 Å². The van der Waals surface area contributed by atoms with Crippen LogP contribution in [0.25, 0.3) is 0 Å². The fourth-order valence-corrected chi connectivity index (χ4v) is 5.46. The minimum Gasteiger partial charge on any atom is -0.381 e. The molecule has 1 radical (unpaired) electrons. The molecule has 24 heavy (non-hydrogen) atoms. The van der Waals surface area contributed by atoms with E-state index < -0.39 is 8.07 Å². The Labute approximate surface area is 155 Å². The molecule has 2 rings (SSSR count). The van der Waals surface area contributed by atoms with Crippen LogP contribution in [0.1, 0.15) is 17.2 Å². The highest BCUT2D eigenvalue weighted by Crippen LogP contribution is 2.39. The summed E-state index contributed by atoms with van der Waals surface area (Å²) in [4.78, 5) is 4.72. The topological polar surface area (TPSA) is 22.1 Å². The normalized spacial score (nSPS) is 14.4. The molecule has 0 fully saturated rings. The predicted octanol–water partition coefficient (Wildman–Crippen LogP) is 5.73. The van der Waals surface area contributed by atoms with Gasteiger partial charge in [0, 0.05) is 35.5 Å². The van der Waals surface area contributed by atoms with Gasteiger partial charge in [0.2, 0.25) is 0 Å². The SMILES string of the molecule is [CH2]COCC(C(Cc1ccccc1)c1ccc(Br)cn1)[Si](C)(C)C. The summed E-state index contributed by atoms with van der Waals surface area (Å²) in [6.45, 7) is 12.4. The highest BCUT2D eigenvalue weighted by molar-refractivity contribution is 9.10. The van der Waals surface area contributed by atoms with Crippen LogP contribution in [-0.2, 0) is 11.2 Å². The summed E-state index contributed by atoms with van der Waals surface area (Å²) in [5, 5.41) is 0. The number of aromatic nitrogens is 1. The summed E-state index contributed by atoms with van der Waals surface area (Å²) in [5.41, 5.74) is 3.00. The molecule has 0 aliphatic rings. The average molecular weight is 405 g/mol. The Morgan fingerprint density at radius 2 is 1.83 bits per heavy atom. The molecule has 2 unspecified atom stereocenters. The van der Waals surface area contributed by atoms with E-state index in [1.54, 1.807) is 0 Å².